The summed E-state index contributed by atoms with van der Waals surface area (Å²) < 4.78 is 0. The van der Waals surface area contributed by atoms with Crippen molar-refractivity contribution in [3.05, 3.63) is 35.0 Å². The molecule has 1 aromatic carbocycles. The molecule has 0 radical (unpaired) electrons. The van der Waals surface area contributed by atoms with Gasteiger partial charge in [-0.2, -0.15) is 0 Å². The summed E-state index contributed by atoms with van der Waals surface area (Å²) in [6.07, 6.45) is 1.22. The van der Waals surface area contributed by atoms with E-state index in [1.54, 1.807) is 0 Å². The molecular formula is C18H24N2O. The number of carbonyl (C=O) groups is 1. The molecule has 2 atom stereocenters. The fraction of sp³-hybridized carbons (Fsp3) is 0.500. The standard InChI is InChI=1S/C18H24N2O/c1-11-7-12(2)10-20(9-11)18(21)15-5-6-17-16(8-15)13(3)14(4)19-17/h5-6,8,11-12,19H,7,9-10H2,1-4H3/t11-,12+. The number of hydrogen-bond donors (Lipinski definition) is 1. The van der Waals surface area contributed by atoms with Crippen molar-refractivity contribution in [1.29, 1.82) is 0 Å². The van der Waals surface area contributed by atoms with E-state index in [4.69, 9.17) is 0 Å². The quantitative estimate of drug-likeness (QED) is 0.847. The van der Waals surface area contributed by atoms with Crippen molar-refractivity contribution < 1.29 is 4.79 Å². The second-order valence-electron chi connectivity index (χ2n) is 6.79. The van der Waals surface area contributed by atoms with Gasteiger partial charge >= 0.3 is 0 Å². The second kappa shape index (κ2) is 5.21. The summed E-state index contributed by atoms with van der Waals surface area (Å²) in [6.45, 7) is 10.4. The minimum absolute atomic E-state index is 0.175. The maximum absolute atomic E-state index is 12.8. The first kappa shape index (κ1) is 14.2. The van der Waals surface area contributed by atoms with Gasteiger partial charge in [0.25, 0.3) is 5.91 Å². The lowest BCUT2D eigenvalue weighted by Crippen LogP contribution is -2.42. The molecule has 1 aromatic heterocycles. The van der Waals surface area contributed by atoms with Crippen molar-refractivity contribution in [3.8, 4) is 0 Å². The number of aryl methyl sites for hydroxylation is 2. The third-order valence-electron chi connectivity index (χ3n) is 4.71. The van der Waals surface area contributed by atoms with E-state index in [0.717, 1.165) is 29.6 Å². The van der Waals surface area contributed by atoms with Gasteiger partial charge in [0.1, 0.15) is 0 Å². The van der Waals surface area contributed by atoms with Gasteiger partial charge < -0.3 is 9.88 Å². The van der Waals surface area contributed by atoms with E-state index >= 15 is 0 Å². The number of fused-ring (bicyclic) bond motifs is 1. The number of nitrogens with zero attached hydrogens (tertiary/aromatic N) is 1. The maximum Gasteiger partial charge on any atom is 0.253 e. The zero-order valence-electron chi connectivity index (χ0n) is 13.4. The average molecular weight is 284 g/mol. The normalized spacial score (nSPS) is 22.8. The molecule has 1 fully saturated rings. The minimum atomic E-state index is 0.175. The third-order valence-corrected chi connectivity index (χ3v) is 4.71. The Kier molecular flexibility index (Phi) is 3.52. The van der Waals surface area contributed by atoms with Crippen LogP contribution < -0.4 is 0 Å². The summed E-state index contributed by atoms with van der Waals surface area (Å²) in [4.78, 5) is 18.2. The van der Waals surface area contributed by atoms with Crippen molar-refractivity contribution in [2.75, 3.05) is 13.1 Å². The van der Waals surface area contributed by atoms with Gasteiger partial charge in [-0.05, 0) is 55.9 Å². The lowest BCUT2D eigenvalue weighted by atomic mass is 9.91. The Bertz CT molecular complexity index is 676. The van der Waals surface area contributed by atoms with Crippen molar-refractivity contribution >= 4 is 16.8 Å². The number of piperidine rings is 1. The molecule has 3 heteroatoms. The zero-order valence-corrected chi connectivity index (χ0v) is 13.4. The molecule has 2 aromatic rings. The van der Waals surface area contributed by atoms with Gasteiger partial charge in [-0.15, -0.1) is 0 Å². The smallest absolute Gasteiger partial charge is 0.253 e. The molecule has 1 aliphatic rings. The highest BCUT2D eigenvalue weighted by Crippen LogP contribution is 2.25. The van der Waals surface area contributed by atoms with Crippen molar-refractivity contribution in [2.24, 2.45) is 11.8 Å². The number of rotatable bonds is 1. The van der Waals surface area contributed by atoms with Crippen LogP contribution in [0.1, 0.15) is 41.9 Å². The number of carbonyl (C=O) groups excluding carboxylic acids is 1. The van der Waals surface area contributed by atoms with Gasteiger partial charge in [0, 0.05) is 35.2 Å². The molecule has 0 bridgehead atoms. The van der Waals surface area contributed by atoms with E-state index in [1.165, 1.54) is 17.7 Å². The van der Waals surface area contributed by atoms with Crippen LogP contribution in [0.4, 0.5) is 0 Å². The van der Waals surface area contributed by atoms with E-state index in [0.29, 0.717) is 11.8 Å². The second-order valence-corrected chi connectivity index (χ2v) is 6.79. The molecule has 0 aliphatic carbocycles. The number of amides is 1. The van der Waals surface area contributed by atoms with Crippen molar-refractivity contribution in [2.45, 2.75) is 34.1 Å². The van der Waals surface area contributed by atoms with Crippen LogP contribution in [0.15, 0.2) is 18.2 Å². The highest BCUT2D eigenvalue weighted by atomic mass is 16.2. The van der Waals surface area contributed by atoms with Gasteiger partial charge in [0.2, 0.25) is 0 Å². The third kappa shape index (κ3) is 2.57. The van der Waals surface area contributed by atoms with Gasteiger partial charge in [0.05, 0.1) is 0 Å². The fourth-order valence-corrected chi connectivity index (χ4v) is 3.61. The Hall–Kier alpha value is -1.77. The van der Waals surface area contributed by atoms with Crippen molar-refractivity contribution in [1.82, 2.24) is 9.88 Å². The van der Waals surface area contributed by atoms with Crippen LogP contribution in [0.5, 0.6) is 0 Å². The van der Waals surface area contributed by atoms with Crippen LogP contribution >= 0.6 is 0 Å². The molecule has 2 heterocycles. The summed E-state index contributed by atoms with van der Waals surface area (Å²) >= 11 is 0. The first-order chi connectivity index (χ1) is 9.95. The number of aromatic nitrogens is 1. The number of H-pyrrole nitrogens is 1. The lowest BCUT2D eigenvalue weighted by Gasteiger charge is -2.35. The van der Waals surface area contributed by atoms with Crippen LogP contribution in [0.25, 0.3) is 10.9 Å². The van der Waals surface area contributed by atoms with Crippen LogP contribution in [-0.2, 0) is 0 Å². The zero-order chi connectivity index (χ0) is 15.1. The summed E-state index contributed by atoms with van der Waals surface area (Å²) in [5.41, 5.74) is 4.34. The Morgan fingerprint density at radius 3 is 2.52 bits per heavy atom. The molecule has 1 aliphatic heterocycles. The molecule has 1 amide bonds. The Morgan fingerprint density at radius 1 is 1.19 bits per heavy atom. The number of nitrogens with one attached hydrogen (secondary N) is 1. The first-order valence-corrected chi connectivity index (χ1v) is 7.84. The van der Waals surface area contributed by atoms with E-state index < -0.39 is 0 Å². The predicted octanol–water partition coefficient (Wildman–Crippen LogP) is 3.90. The highest BCUT2D eigenvalue weighted by Gasteiger charge is 2.26. The van der Waals surface area contributed by atoms with Crippen LogP contribution in [0.2, 0.25) is 0 Å². The van der Waals surface area contributed by atoms with Crippen LogP contribution in [0.3, 0.4) is 0 Å². The largest absolute Gasteiger partial charge is 0.358 e. The van der Waals surface area contributed by atoms with Crippen molar-refractivity contribution in [3.63, 3.8) is 0 Å². The fourth-order valence-electron chi connectivity index (χ4n) is 3.61. The molecular weight excluding hydrogens is 260 g/mol. The molecule has 0 spiro atoms. The van der Waals surface area contributed by atoms with E-state index in [1.807, 2.05) is 23.1 Å². The SMILES string of the molecule is Cc1[nH]c2ccc(C(=O)N3C[C@H](C)C[C@H](C)C3)cc2c1C. The summed E-state index contributed by atoms with van der Waals surface area (Å²) in [5.74, 6) is 1.36. The molecule has 1 N–H and O–H groups in total. The first-order valence-electron chi connectivity index (χ1n) is 7.84. The van der Waals surface area contributed by atoms with Gasteiger partial charge in [-0.3, -0.25) is 4.79 Å². The number of likely N-dealkylation sites (tertiary alicyclic amines) is 1. The van der Waals surface area contributed by atoms with Crippen LogP contribution in [-0.4, -0.2) is 28.9 Å². The van der Waals surface area contributed by atoms with E-state index in [-0.39, 0.29) is 5.91 Å². The molecule has 21 heavy (non-hydrogen) atoms. The van der Waals surface area contributed by atoms with E-state index in [9.17, 15) is 4.79 Å². The summed E-state index contributed by atoms with van der Waals surface area (Å²) in [6, 6.07) is 6.02. The van der Waals surface area contributed by atoms with Gasteiger partial charge in [-0.25, -0.2) is 0 Å². The Morgan fingerprint density at radius 2 is 1.86 bits per heavy atom. The molecule has 0 saturated carbocycles. The maximum atomic E-state index is 12.8. The topological polar surface area (TPSA) is 36.1 Å². The number of hydrogen-bond acceptors (Lipinski definition) is 1. The molecule has 112 valence electrons. The Labute approximate surface area is 126 Å². The molecule has 1 saturated heterocycles. The van der Waals surface area contributed by atoms with Crippen LogP contribution in [0, 0.1) is 25.7 Å². The Balaban J connectivity index is 1.92. The number of benzene rings is 1. The average Bonchev–Trinajstić information content (AvgIpc) is 2.72. The molecule has 3 rings (SSSR count). The molecule has 0 unspecified atom stereocenters. The van der Waals surface area contributed by atoms with Gasteiger partial charge in [-0.1, -0.05) is 13.8 Å². The minimum Gasteiger partial charge on any atom is -0.358 e. The predicted molar refractivity (Wildman–Crippen MR) is 86.6 cm³/mol. The number of aromatic amines is 1. The lowest BCUT2D eigenvalue weighted by molar-refractivity contribution is 0.0623. The monoisotopic (exact) mass is 284 g/mol. The molecule has 3 nitrogen and oxygen atoms in total. The van der Waals surface area contributed by atoms with E-state index in [2.05, 4.69) is 32.7 Å². The highest BCUT2D eigenvalue weighted by molar-refractivity contribution is 5.99. The summed E-state index contributed by atoms with van der Waals surface area (Å²) in [5, 5.41) is 1.16. The summed E-state index contributed by atoms with van der Waals surface area (Å²) in [7, 11) is 0. The van der Waals surface area contributed by atoms with Gasteiger partial charge in [0.15, 0.2) is 0 Å².